The van der Waals surface area contributed by atoms with Crippen LogP contribution < -0.4 is 14.8 Å². The molecule has 166 valence electrons. The molecule has 0 fully saturated rings. The molecule has 3 aromatic heterocycles. The highest BCUT2D eigenvalue weighted by molar-refractivity contribution is 9.10. The molecule has 4 rings (SSSR count). The topological polar surface area (TPSA) is 115 Å². The second-order valence-corrected chi connectivity index (χ2v) is 8.48. The van der Waals surface area contributed by atoms with Gasteiger partial charge in [-0.05, 0) is 47.0 Å². The van der Waals surface area contributed by atoms with Crippen molar-refractivity contribution in [2.24, 2.45) is 0 Å². The van der Waals surface area contributed by atoms with Crippen LogP contribution in [-0.4, -0.2) is 45.5 Å². The van der Waals surface area contributed by atoms with Crippen LogP contribution in [0.15, 0.2) is 45.7 Å². The lowest BCUT2D eigenvalue weighted by Gasteiger charge is -2.09. The summed E-state index contributed by atoms with van der Waals surface area (Å²) in [5.74, 6) is 2.38. The summed E-state index contributed by atoms with van der Waals surface area (Å²) >= 11 is 4.86. The van der Waals surface area contributed by atoms with Crippen molar-refractivity contribution < 1.29 is 19.1 Å². The van der Waals surface area contributed by atoms with E-state index in [0.29, 0.717) is 29.6 Å². The Hall–Kier alpha value is -3.18. The Balaban J connectivity index is 1.49. The average molecular weight is 518 g/mol. The van der Waals surface area contributed by atoms with Gasteiger partial charge in [0.2, 0.25) is 5.82 Å². The quantitative estimate of drug-likeness (QED) is 0.323. The molecular formula is C21H20BrN5O4S. The van der Waals surface area contributed by atoms with Crippen molar-refractivity contribution in [3.63, 3.8) is 0 Å². The van der Waals surface area contributed by atoms with Gasteiger partial charge in [0.1, 0.15) is 28.5 Å². The summed E-state index contributed by atoms with van der Waals surface area (Å²) in [7, 11) is 1.65. The predicted octanol–water partition coefficient (Wildman–Crippen LogP) is 4.79. The third kappa shape index (κ3) is 5.00. The minimum atomic E-state index is -0.491. The fraction of sp³-hybridized carbons (Fsp3) is 0.238. The number of benzene rings is 1. The number of thiophene rings is 1. The standard InChI is InChI=1S/C21H20BrN5O4S/c1-3-30-16-10-17(32-19(16)20-26-21(28)31-27-20)14-9-18(25-11-24-14)23-7-6-12-4-5-13(22)15(8-12)29-2/h4-5,8-11H,3,6-7H2,1-2H3,(H,23,24,25)(H,26,27,28). The van der Waals surface area contributed by atoms with Crippen LogP contribution in [0.4, 0.5) is 5.82 Å². The van der Waals surface area contributed by atoms with Crippen LogP contribution in [0.1, 0.15) is 12.5 Å². The van der Waals surface area contributed by atoms with Crippen LogP contribution >= 0.6 is 27.3 Å². The summed E-state index contributed by atoms with van der Waals surface area (Å²) < 4.78 is 16.7. The number of methoxy groups -OCH3 is 1. The van der Waals surface area contributed by atoms with E-state index in [4.69, 9.17) is 9.47 Å². The number of hydrogen-bond acceptors (Lipinski definition) is 10. The molecular weight excluding hydrogens is 498 g/mol. The fourth-order valence-corrected chi connectivity index (χ4v) is 4.41. The molecule has 0 unspecified atom stereocenters. The molecule has 0 aliphatic rings. The number of nitrogens with one attached hydrogen (secondary N) is 1. The summed E-state index contributed by atoms with van der Waals surface area (Å²) in [5, 5.41) is 16.5. The van der Waals surface area contributed by atoms with Gasteiger partial charge in [0.25, 0.3) is 0 Å². The monoisotopic (exact) mass is 517 g/mol. The van der Waals surface area contributed by atoms with Crippen molar-refractivity contribution in [1.82, 2.24) is 20.1 Å². The molecule has 0 aliphatic carbocycles. The van der Waals surface area contributed by atoms with E-state index >= 15 is 0 Å². The lowest BCUT2D eigenvalue weighted by molar-refractivity contribution is 0.267. The van der Waals surface area contributed by atoms with E-state index in [1.807, 2.05) is 31.2 Å². The Morgan fingerprint density at radius 2 is 2.06 bits per heavy atom. The zero-order valence-corrected chi connectivity index (χ0v) is 19.7. The molecule has 0 bridgehead atoms. The van der Waals surface area contributed by atoms with E-state index in [1.54, 1.807) is 7.11 Å². The van der Waals surface area contributed by atoms with Gasteiger partial charge in [0, 0.05) is 18.7 Å². The molecule has 0 radical (unpaired) electrons. The van der Waals surface area contributed by atoms with E-state index < -0.39 is 6.08 Å². The molecule has 9 nitrogen and oxygen atoms in total. The Labute approximate surface area is 196 Å². The first-order chi connectivity index (χ1) is 15.6. The first-order valence-electron chi connectivity index (χ1n) is 9.75. The number of nitrogens with zero attached hydrogens (tertiary/aromatic N) is 4. The van der Waals surface area contributed by atoms with Crippen molar-refractivity contribution in [1.29, 1.82) is 0 Å². The summed E-state index contributed by atoms with van der Waals surface area (Å²) in [4.78, 5) is 14.1. The third-order valence-corrected chi connectivity index (χ3v) is 6.26. The number of ether oxygens (including phenoxy) is 2. The highest BCUT2D eigenvalue weighted by atomic mass is 79.9. The van der Waals surface area contributed by atoms with Gasteiger partial charge in [0.05, 0.1) is 28.8 Å². The van der Waals surface area contributed by atoms with Gasteiger partial charge < -0.3 is 19.9 Å². The summed E-state index contributed by atoms with van der Waals surface area (Å²) in [6.07, 6.45) is 1.83. The Bertz CT molecular complexity index is 1210. The molecule has 3 heterocycles. The molecule has 11 heteroatoms. The van der Waals surface area contributed by atoms with Crippen molar-refractivity contribution in [3.05, 3.63) is 46.7 Å². The lowest BCUT2D eigenvalue weighted by atomic mass is 10.1. The van der Waals surface area contributed by atoms with Crippen LogP contribution in [0, 0.1) is 0 Å². The van der Waals surface area contributed by atoms with E-state index in [0.717, 1.165) is 32.8 Å². The number of aromatic nitrogens is 4. The molecule has 0 amide bonds. The first kappa shape index (κ1) is 22.0. The lowest BCUT2D eigenvalue weighted by Crippen LogP contribution is -2.06. The SMILES string of the molecule is CCOc1cc(-c2cc(NCCc3ccc(Br)c(OC)c3)ncn2)sc1-c1noc(O)n1. The smallest absolute Gasteiger partial charge is 0.415 e. The maximum absolute atomic E-state index is 9.39. The molecule has 1 aromatic carbocycles. The number of aromatic hydroxyl groups is 1. The molecule has 0 spiro atoms. The zero-order valence-electron chi connectivity index (χ0n) is 17.3. The van der Waals surface area contributed by atoms with E-state index in [9.17, 15) is 5.11 Å². The van der Waals surface area contributed by atoms with Gasteiger partial charge >= 0.3 is 6.08 Å². The van der Waals surface area contributed by atoms with Gasteiger partial charge in [-0.1, -0.05) is 11.2 Å². The third-order valence-electron chi connectivity index (χ3n) is 4.47. The van der Waals surface area contributed by atoms with Crippen LogP contribution in [0.5, 0.6) is 17.6 Å². The van der Waals surface area contributed by atoms with E-state index in [1.165, 1.54) is 17.7 Å². The van der Waals surface area contributed by atoms with Gasteiger partial charge in [-0.25, -0.2) is 9.97 Å². The molecule has 4 aromatic rings. The number of halogens is 1. The molecule has 0 saturated heterocycles. The van der Waals surface area contributed by atoms with Gasteiger partial charge in [-0.2, -0.15) is 4.98 Å². The second kappa shape index (κ2) is 9.96. The van der Waals surface area contributed by atoms with E-state index in [2.05, 4.69) is 51.9 Å². The van der Waals surface area contributed by atoms with Crippen LogP contribution in [0.25, 0.3) is 21.3 Å². The summed E-state index contributed by atoms with van der Waals surface area (Å²) in [6, 6.07) is 9.79. The number of rotatable bonds is 9. The Kier molecular flexibility index (Phi) is 6.86. The Morgan fingerprint density at radius 3 is 2.81 bits per heavy atom. The number of anilines is 1. The van der Waals surface area contributed by atoms with Crippen molar-refractivity contribution in [2.75, 3.05) is 25.6 Å². The average Bonchev–Trinajstić information content (AvgIpc) is 3.41. The normalized spacial score (nSPS) is 10.8. The molecule has 2 N–H and O–H groups in total. The highest BCUT2D eigenvalue weighted by Crippen LogP contribution is 2.41. The summed E-state index contributed by atoms with van der Waals surface area (Å²) in [6.45, 7) is 3.07. The first-order valence-corrected chi connectivity index (χ1v) is 11.4. The van der Waals surface area contributed by atoms with Gasteiger partial charge in [-0.15, -0.1) is 11.3 Å². The van der Waals surface area contributed by atoms with E-state index in [-0.39, 0.29) is 5.82 Å². The minimum absolute atomic E-state index is 0.263. The molecule has 32 heavy (non-hydrogen) atoms. The van der Waals surface area contributed by atoms with Crippen molar-refractivity contribution in [3.8, 4) is 38.8 Å². The zero-order chi connectivity index (χ0) is 22.5. The fourth-order valence-electron chi connectivity index (χ4n) is 3.01. The second-order valence-electron chi connectivity index (χ2n) is 6.57. The number of hydrogen-bond donors (Lipinski definition) is 2. The highest BCUT2D eigenvalue weighted by Gasteiger charge is 2.19. The molecule has 0 atom stereocenters. The van der Waals surface area contributed by atoms with Crippen LogP contribution in [0.2, 0.25) is 0 Å². The molecule has 0 aliphatic heterocycles. The molecule has 0 saturated carbocycles. The van der Waals surface area contributed by atoms with Crippen molar-refractivity contribution >= 4 is 33.1 Å². The van der Waals surface area contributed by atoms with Crippen LogP contribution in [-0.2, 0) is 6.42 Å². The van der Waals surface area contributed by atoms with Crippen LogP contribution in [0.3, 0.4) is 0 Å². The maximum atomic E-state index is 9.39. The van der Waals surface area contributed by atoms with Gasteiger partial charge in [-0.3, -0.25) is 4.52 Å². The minimum Gasteiger partial charge on any atom is -0.496 e. The Morgan fingerprint density at radius 1 is 1.19 bits per heavy atom. The van der Waals surface area contributed by atoms with Gasteiger partial charge in [0.15, 0.2) is 0 Å². The predicted molar refractivity (Wildman–Crippen MR) is 124 cm³/mol. The summed E-state index contributed by atoms with van der Waals surface area (Å²) in [5.41, 5.74) is 1.89. The maximum Gasteiger partial charge on any atom is 0.415 e. The largest absolute Gasteiger partial charge is 0.496 e. The van der Waals surface area contributed by atoms with Crippen molar-refractivity contribution in [2.45, 2.75) is 13.3 Å².